The molecule has 0 bridgehead atoms. The Morgan fingerprint density at radius 1 is 1.80 bits per heavy atom. The number of alkyl halides is 1. The predicted octanol–water partition coefficient (Wildman–Crippen LogP) is 2.42. The number of hydrogen-bond donors (Lipinski definition) is 0. The lowest BCUT2D eigenvalue weighted by atomic mass is 10.1. The van der Waals surface area contributed by atoms with Gasteiger partial charge in [-0.25, -0.2) is 9.18 Å². The van der Waals surface area contributed by atoms with Gasteiger partial charge in [0.1, 0.15) is 6.04 Å². The summed E-state index contributed by atoms with van der Waals surface area (Å²) in [6.45, 7) is 0. The molecule has 0 spiro atoms. The van der Waals surface area contributed by atoms with Crippen molar-refractivity contribution in [1.29, 1.82) is 0 Å². The van der Waals surface area contributed by atoms with Crippen LogP contribution in [-0.4, -0.2) is 22.9 Å². The minimum Gasteiger partial charge on any atom is -0.224 e. The lowest BCUT2D eigenvalue weighted by Gasteiger charge is -2.26. The minimum absolute atomic E-state index is 0.176. The molecule has 0 radical (unpaired) electrons. The SMILES string of the molecule is C#CCSC1(F)C=C(Cl)C=CC1N=C=O. The molecule has 2 unspecified atom stereocenters. The number of nitrogens with zero attached hydrogens (tertiary/aromatic N) is 1. The Balaban J connectivity index is 2.94. The van der Waals surface area contributed by atoms with E-state index in [1.807, 2.05) is 0 Å². The number of allylic oxidation sites excluding steroid dienone is 2. The molecule has 1 rings (SSSR count). The largest absolute Gasteiger partial charge is 0.235 e. The van der Waals surface area contributed by atoms with Crippen LogP contribution in [0.15, 0.2) is 28.3 Å². The predicted molar refractivity (Wildman–Crippen MR) is 60.1 cm³/mol. The highest BCUT2D eigenvalue weighted by molar-refractivity contribution is 8.00. The molecule has 0 aliphatic heterocycles. The Morgan fingerprint density at radius 2 is 2.53 bits per heavy atom. The lowest BCUT2D eigenvalue weighted by Crippen LogP contribution is -2.32. The van der Waals surface area contributed by atoms with Crippen molar-refractivity contribution in [3.63, 3.8) is 0 Å². The van der Waals surface area contributed by atoms with Crippen molar-refractivity contribution in [2.75, 3.05) is 5.75 Å². The van der Waals surface area contributed by atoms with Crippen LogP contribution in [0.4, 0.5) is 4.39 Å². The van der Waals surface area contributed by atoms with Crippen molar-refractivity contribution in [1.82, 2.24) is 0 Å². The zero-order chi connectivity index (χ0) is 11.3. The lowest BCUT2D eigenvalue weighted by molar-refractivity contribution is 0.326. The minimum atomic E-state index is -1.87. The number of terminal acetylenes is 1. The number of rotatable bonds is 3. The van der Waals surface area contributed by atoms with Gasteiger partial charge < -0.3 is 0 Å². The highest BCUT2D eigenvalue weighted by Crippen LogP contribution is 2.39. The van der Waals surface area contributed by atoms with Gasteiger partial charge in [0.2, 0.25) is 11.1 Å². The van der Waals surface area contributed by atoms with Gasteiger partial charge in [-0.15, -0.1) is 18.2 Å². The maximum absolute atomic E-state index is 14.2. The van der Waals surface area contributed by atoms with E-state index in [2.05, 4.69) is 10.9 Å². The zero-order valence-electron chi connectivity index (χ0n) is 7.61. The first-order chi connectivity index (χ1) is 7.12. The maximum Gasteiger partial charge on any atom is 0.235 e. The van der Waals surface area contributed by atoms with Crippen LogP contribution in [0.5, 0.6) is 0 Å². The Hall–Kier alpha value is -1.01. The van der Waals surface area contributed by atoms with E-state index in [4.69, 9.17) is 18.0 Å². The molecule has 0 N–H and O–H groups in total. The van der Waals surface area contributed by atoms with E-state index >= 15 is 0 Å². The summed E-state index contributed by atoms with van der Waals surface area (Å²) >= 11 is 6.54. The van der Waals surface area contributed by atoms with Crippen LogP contribution in [0.1, 0.15) is 0 Å². The van der Waals surface area contributed by atoms with Crippen molar-refractivity contribution in [2.24, 2.45) is 4.99 Å². The molecular weight excluding hydrogens is 237 g/mol. The fourth-order valence-corrected chi connectivity index (χ4v) is 2.22. The Bertz CT molecular complexity index is 395. The number of thioether (sulfide) groups is 1. The molecular formula is C10H7ClFNOS. The van der Waals surface area contributed by atoms with Gasteiger partial charge in [0.05, 0.1) is 5.75 Å². The van der Waals surface area contributed by atoms with Gasteiger partial charge in [0.15, 0.2) is 0 Å². The van der Waals surface area contributed by atoms with Gasteiger partial charge in [0, 0.05) is 5.03 Å². The van der Waals surface area contributed by atoms with Gasteiger partial charge in [-0.1, -0.05) is 23.6 Å². The molecule has 0 heterocycles. The molecule has 0 fully saturated rings. The molecule has 0 saturated heterocycles. The molecule has 5 heteroatoms. The van der Waals surface area contributed by atoms with Crippen LogP contribution in [0.3, 0.4) is 0 Å². The summed E-state index contributed by atoms with van der Waals surface area (Å²) in [7, 11) is 0. The van der Waals surface area contributed by atoms with Gasteiger partial charge in [-0.05, 0) is 12.2 Å². The topological polar surface area (TPSA) is 29.4 Å². The summed E-state index contributed by atoms with van der Waals surface area (Å²) in [5.41, 5.74) is 0. The molecule has 1 aliphatic rings. The molecule has 78 valence electrons. The second-order valence-corrected chi connectivity index (χ2v) is 4.38. The number of carbonyl (C=O) groups excluding carboxylic acids is 1. The summed E-state index contributed by atoms with van der Waals surface area (Å²) in [4.78, 5) is 13.5. The van der Waals surface area contributed by atoms with Gasteiger partial charge in [-0.2, -0.15) is 4.99 Å². The van der Waals surface area contributed by atoms with Crippen LogP contribution in [0.25, 0.3) is 0 Å². The van der Waals surface area contributed by atoms with Crippen LogP contribution in [0, 0.1) is 12.3 Å². The third-order valence-corrected chi connectivity index (χ3v) is 3.09. The van der Waals surface area contributed by atoms with Crippen LogP contribution in [0.2, 0.25) is 0 Å². The number of halogens is 2. The summed E-state index contributed by atoms with van der Waals surface area (Å²) in [6.07, 6.45) is 10.5. The van der Waals surface area contributed by atoms with Crippen molar-refractivity contribution in [3.8, 4) is 12.3 Å². The Morgan fingerprint density at radius 3 is 3.13 bits per heavy atom. The molecule has 0 aromatic rings. The van der Waals surface area contributed by atoms with Crippen molar-refractivity contribution in [3.05, 3.63) is 23.3 Å². The van der Waals surface area contributed by atoms with E-state index in [0.717, 1.165) is 11.8 Å². The number of hydrogen-bond acceptors (Lipinski definition) is 3. The fraction of sp³-hybridized carbons (Fsp3) is 0.300. The first-order valence-electron chi connectivity index (χ1n) is 4.02. The molecule has 0 aromatic heterocycles. The molecule has 2 atom stereocenters. The zero-order valence-corrected chi connectivity index (χ0v) is 9.19. The molecule has 0 aromatic carbocycles. The van der Waals surface area contributed by atoms with Crippen molar-refractivity contribution < 1.29 is 9.18 Å². The highest BCUT2D eigenvalue weighted by Gasteiger charge is 2.38. The van der Waals surface area contributed by atoms with Gasteiger partial charge >= 0.3 is 0 Å². The summed E-state index contributed by atoms with van der Waals surface area (Å²) in [6, 6.07) is -0.921. The molecule has 0 amide bonds. The molecule has 0 saturated carbocycles. The van der Waals surface area contributed by atoms with E-state index < -0.39 is 11.0 Å². The second-order valence-electron chi connectivity index (χ2n) is 2.74. The number of isocyanates is 1. The summed E-state index contributed by atoms with van der Waals surface area (Å²) in [5, 5.41) is -1.60. The quantitative estimate of drug-likeness (QED) is 0.433. The van der Waals surface area contributed by atoms with Crippen LogP contribution >= 0.6 is 23.4 Å². The number of aliphatic imine (C=N–C) groups is 1. The third-order valence-electron chi connectivity index (χ3n) is 1.74. The van der Waals surface area contributed by atoms with Crippen molar-refractivity contribution in [2.45, 2.75) is 11.0 Å². The molecule has 1 aliphatic carbocycles. The van der Waals surface area contributed by atoms with E-state index in [-0.39, 0.29) is 10.8 Å². The first-order valence-corrected chi connectivity index (χ1v) is 5.38. The van der Waals surface area contributed by atoms with Crippen molar-refractivity contribution >= 4 is 29.4 Å². The molecule has 2 nitrogen and oxygen atoms in total. The fourth-order valence-electron chi connectivity index (χ4n) is 1.10. The summed E-state index contributed by atoms with van der Waals surface area (Å²) in [5.74, 6) is 2.48. The van der Waals surface area contributed by atoms with Crippen LogP contribution < -0.4 is 0 Å². The molecule has 15 heavy (non-hydrogen) atoms. The smallest absolute Gasteiger partial charge is 0.224 e. The van der Waals surface area contributed by atoms with E-state index in [0.29, 0.717) is 0 Å². The first kappa shape index (κ1) is 12.1. The Labute approximate surface area is 96.3 Å². The average molecular weight is 244 g/mol. The van der Waals surface area contributed by atoms with E-state index in [1.165, 1.54) is 24.3 Å². The second kappa shape index (κ2) is 5.18. The highest BCUT2D eigenvalue weighted by atomic mass is 35.5. The average Bonchev–Trinajstić information content (AvgIpc) is 2.20. The summed E-state index contributed by atoms with van der Waals surface area (Å²) < 4.78 is 14.2. The standard InChI is InChI=1S/C10H7ClFNOS/c1-2-5-15-10(12)6-8(11)3-4-9(10)13-7-14/h1,3-4,6,9H,5H2. The van der Waals surface area contributed by atoms with Crippen LogP contribution in [-0.2, 0) is 4.79 Å². The van der Waals surface area contributed by atoms with Gasteiger partial charge in [0.25, 0.3) is 0 Å². The van der Waals surface area contributed by atoms with E-state index in [9.17, 15) is 9.18 Å². The Kier molecular flexibility index (Phi) is 4.16. The maximum atomic E-state index is 14.2. The normalized spacial score (nSPS) is 28.9. The third kappa shape index (κ3) is 2.97. The van der Waals surface area contributed by atoms with E-state index in [1.54, 1.807) is 0 Å². The van der Waals surface area contributed by atoms with Gasteiger partial charge in [-0.3, -0.25) is 0 Å². The monoisotopic (exact) mass is 243 g/mol.